The van der Waals surface area contributed by atoms with Gasteiger partial charge in [0, 0.05) is 23.9 Å². The average molecular weight is 437 g/mol. The number of nitrogens with one attached hydrogen (secondary N) is 3. The van der Waals surface area contributed by atoms with E-state index in [-0.39, 0.29) is 0 Å². The molecular formula is C24H28N4O4. The molecule has 0 spiro atoms. The topological polar surface area (TPSA) is 105 Å². The highest BCUT2D eigenvalue weighted by molar-refractivity contribution is 5.84. The van der Waals surface area contributed by atoms with Crippen molar-refractivity contribution >= 4 is 17.9 Å². The number of imidazole rings is 1. The molecular weight excluding hydrogens is 408 g/mol. The number of alkyl carbamates (subject to hydrolysis) is 1. The third-order valence-electron chi connectivity index (χ3n) is 4.51. The predicted molar refractivity (Wildman–Crippen MR) is 122 cm³/mol. The Balaban J connectivity index is 1.79. The first-order chi connectivity index (χ1) is 15.2. The fraction of sp³-hybridized carbons (Fsp3) is 0.292. The molecule has 1 heterocycles. The zero-order chi connectivity index (χ0) is 23.1. The molecule has 0 unspecified atom stereocenters. The highest BCUT2D eigenvalue weighted by Gasteiger charge is 2.23. The number of rotatable bonds is 6. The minimum absolute atomic E-state index is 0.402. The molecule has 0 aliphatic rings. The Hall–Kier alpha value is -3.81. The number of aromatic nitrogens is 2. The normalized spacial score (nSPS) is 12.0. The van der Waals surface area contributed by atoms with Crippen LogP contribution in [0.2, 0.25) is 0 Å². The van der Waals surface area contributed by atoms with E-state index in [9.17, 15) is 9.59 Å². The Kier molecular flexibility index (Phi) is 7.14. The SMILES string of the molecule is COC(=O)Nc1ccc(-c2c[nH]c([C@H](Cc3ccccc3)NC(=O)OC(C)(C)C)n2)cc1. The van der Waals surface area contributed by atoms with Crippen molar-refractivity contribution in [2.24, 2.45) is 0 Å². The van der Waals surface area contributed by atoms with Crippen molar-refractivity contribution in [3.8, 4) is 11.3 Å². The largest absolute Gasteiger partial charge is 0.453 e. The van der Waals surface area contributed by atoms with Gasteiger partial charge >= 0.3 is 12.2 Å². The summed E-state index contributed by atoms with van der Waals surface area (Å²) >= 11 is 0. The van der Waals surface area contributed by atoms with Crippen LogP contribution in [0.15, 0.2) is 60.8 Å². The molecule has 0 aliphatic heterocycles. The standard InChI is InChI=1S/C24H28N4O4/c1-24(2,3)32-23(30)28-19(14-16-8-6-5-7-9-16)21-25-15-20(27-21)17-10-12-18(13-11-17)26-22(29)31-4/h5-13,15,19H,14H2,1-4H3,(H,25,27)(H,26,29)(H,28,30)/t19-/m0/s1. The van der Waals surface area contributed by atoms with Gasteiger partial charge in [0.05, 0.1) is 18.8 Å². The number of carbonyl (C=O) groups is 2. The third-order valence-corrected chi connectivity index (χ3v) is 4.51. The Morgan fingerprint density at radius 2 is 1.72 bits per heavy atom. The Bertz CT molecular complexity index is 1040. The first-order valence-corrected chi connectivity index (χ1v) is 10.3. The minimum atomic E-state index is -0.602. The molecule has 168 valence electrons. The van der Waals surface area contributed by atoms with Gasteiger partial charge in [-0.25, -0.2) is 14.6 Å². The lowest BCUT2D eigenvalue weighted by Crippen LogP contribution is -2.36. The number of hydrogen-bond donors (Lipinski definition) is 3. The lowest BCUT2D eigenvalue weighted by molar-refractivity contribution is 0.0501. The summed E-state index contributed by atoms with van der Waals surface area (Å²) in [7, 11) is 1.31. The molecule has 0 radical (unpaired) electrons. The molecule has 3 rings (SSSR count). The summed E-state index contributed by atoms with van der Waals surface area (Å²) in [4.78, 5) is 31.7. The van der Waals surface area contributed by atoms with Crippen molar-refractivity contribution in [1.82, 2.24) is 15.3 Å². The van der Waals surface area contributed by atoms with E-state index >= 15 is 0 Å². The molecule has 8 nitrogen and oxygen atoms in total. The maximum atomic E-state index is 12.4. The van der Waals surface area contributed by atoms with Crippen LogP contribution in [0.4, 0.5) is 15.3 Å². The summed E-state index contributed by atoms with van der Waals surface area (Å²) in [6, 6.07) is 16.7. The second-order valence-corrected chi connectivity index (χ2v) is 8.25. The summed E-state index contributed by atoms with van der Waals surface area (Å²) in [6.07, 6.45) is 1.30. The van der Waals surface area contributed by atoms with Crippen LogP contribution in [0.5, 0.6) is 0 Å². The molecule has 3 aromatic rings. The van der Waals surface area contributed by atoms with Gasteiger partial charge in [0.2, 0.25) is 0 Å². The van der Waals surface area contributed by atoms with Gasteiger partial charge in [-0.1, -0.05) is 42.5 Å². The zero-order valence-electron chi connectivity index (χ0n) is 18.6. The maximum absolute atomic E-state index is 12.4. The summed E-state index contributed by atoms with van der Waals surface area (Å²) in [6.45, 7) is 5.47. The summed E-state index contributed by atoms with van der Waals surface area (Å²) in [5.41, 5.74) is 2.65. The van der Waals surface area contributed by atoms with Crippen LogP contribution in [-0.4, -0.2) is 34.9 Å². The lowest BCUT2D eigenvalue weighted by Gasteiger charge is -2.23. The second kappa shape index (κ2) is 10.00. The highest BCUT2D eigenvalue weighted by atomic mass is 16.6. The van der Waals surface area contributed by atoms with Crippen molar-refractivity contribution in [3.05, 3.63) is 72.2 Å². The first kappa shape index (κ1) is 22.9. The fourth-order valence-corrected chi connectivity index (χ4v) is 3.07. The monoisotopic (exact) mass is 436 g/mol. The Morgan fingerprint density at radius 1 is 1.03 bits per heavy atom. The Morgan fingerprint density at radius 3 is 2.34 bits per heavy atom. The van der Waals surface area contributed by atoms with Gasteiger partial charge in [0.15, 0.2) is 0 Å². The number of aromatic amines is 1. The zero-order valence-corrected chi connectivity index (χ0v) is 18.6. The molecule has 0 saturated heterocycles. The van der Waals surface area contributed by atoms with Crippen molar-refractivity contribution < 1.29 is 19.1 Å². The quantitative estimate of drug-likeness (QED) is 0.501. The molecule has 2 aromatic carbocycles. The van der Waals surface area contributed by atoms with Crippen LogP contribution in [0.3, 0.4) is 0 Å². The average Bonchev–Trinajstić information content (AvgIpc) is 3.23. The van der Waals surface area contributed by atoms with Gasteiger partial charge in [0.1, 0.15) is 11.4 Å². The number of amides is 2. The van der Waals surface area contributed by atoms with Crippen molar-refractivity contribution in [3.63, 3.8) is 0 Å². The van der Waals surface area contributed by atoms with Crippen LogP contribution >= 0.6 is 0 Å². The molecule has 2 amide bonds. The van der Waals surface area contributed by atoms with Crippen LogP contribution in [-0.2, 0) is 15.9 Å². The number of anilines is 1. The highest BCUT2D eigenvalue weighted by Crippen LogP contribution is 2.23. The van der Waals surface area contributed by atoms with Gasteiger partial charge in [-0.15, -0.1) is 0 Å². The number of methoxy groups -OCH3 is 1. The number of hydrogen-bond acceptors (Lipinski definition) is 5. The van der Waals surface area contributed by atoms with Crippen LogP contribution < -0.4 is 10.6 Å². The number of H-pyrrole nitrogens is 1. The van der Waals surface area contributed by atoms with E-state index in [0.29, 0.717) is 23.6 Å². The van der Waals surface area contributed by atoms with E-state index in [0.717, 1.165) is 11.1 Å². The minimum Gasteiger partial charge on any atom is -0.453 e. The van der Waals surface area contributed by atoms with Crippen molar-refractivity contribution in [2.45, 2.75) is 38.8 Å². The molecule has 3 N–H and O–H groups in total. The van der Waals surface area contributed by atoms with Gasteiger partial charge in [-0.3, -0.25) is 5.32 Å². The number of ether oxygens (including phenoxy) is 2. The van der Waals surface area contributed by atoms with Crippen molar-refractivity contribution in [2.75, 3.05) is 12.4 Å². The fourth-order valence-electron chi connectivity index (χ4n) is 3.07. The van der Waals surface area contributed by atoms with E-state index < -0.39 is 23.8 Å². The summed E-state index contributed by atoms with van der Waals surface area (Å²) in [5.74, 6) is 0.617. The van der Waals surface area contributed by atoms with Gasteiger partial charge in [0.25, 0.3) is 0 Å². The second-order valence-electron chi connectivity index (χ2n) is 8.25. The predicted octanol–water partition coefficient (Wildman–Crippen LogP) is 5.06. The lowest BCUT2D eigenvalue weighted by atomic mass is 10.1. The molecule has 0 bridgehead atoms. The summed E-state index contributed by atoms with van der Waals surface area (Å²) in [5, 5.41) is 5.53. The van der Waals surface area contributed by atoms with E-state index in [1.165, 1.54) is 7.11 Å². The maximum Gasteiger partial charge on any atom is 0.411 e. The van der Waals surface area contributed by atoms with E-state index in [1.807, 2.05) is 63.2 Å². The van der Waals surface area contributed by atoms with Crippen LogP contribution in [0.1, 0.15) is 38.2 Å². The molecule has 32 heavy (non-hydrogen) atoms. The Labute approximate surface area is 187 Å². The molecule has 0 saturated carbocycles. The first-order valence-electron chi connectivity index (χ1n) is 10.3. The molecule has 0 fully saturated rings. The molecule has 0 aliphatic carbocycles. The van der Waals surface area contributed by atoms with Crippen LogP contribution in [0, 0.1) is 0 Å². The van der Waals surface area contributed by atoms with E-state index in [1.54, 1.807) is 18.3 Å². The molecule has 1 atom stereocenters. The van der Waals surface area contributed by atoms with Gasteiger partial charge < -0.3 is 19.8 Å². The number of benzene rings is 2. The number of nitrogens with zero attached hydrogens (tertiary/aromatic N) is 1. The number of carbonyl (C=O) groups excluding carboxylic acids is 2. The van der Waals surface area contributed by atoms with Crippen LogP contribution in [0.25, 0.3) is 11.3 Å². The van der Waals surface area contributed by atoms with Gasteiger partial charge in [-0.2, -0.15) is 0 Å². The van der Waals surface area contributed by atoms with Gasteiger partial charge in [-0.05, 0) is 38.5 Å². The molecule has 8 heteroatoms. The van der Waals surface area contributed by atoms with E-state index in [2.05, 4.69) is 20.4 Å². The summed E-state index contributed by atoms with van der Waals surface area (Å²) < 4.78 is 10.0. The third kappa shape index (κ3) is 6.60. The smallest absolute Gasteiger partial charge is 0.411 e. The van der Waals surface area contributed by atoms with E-state index in [4.69, 9.17) is 9.72 Å². The molecule has 1 aromatic heterocycles. The van der Waals surface area contributed by atoms with Crippen molar-refractivity contribution in [1.29, 1.82) is 0 Å².